The molecule has 1 aliphatic heterocycles. The number of piperidine rings is 1. The summed E-state index contributed by atoms with van der Waals surface area (Å²) < 4.78 is 5.81. The summed E-state index contributed by atoms with van der Waals surface area (Å²) >= 11 is 0. The minimum Gasteiger partial charge on any atom is -0.492 e. The monoisotopic (exact) mass is 359 g/mol. The van der Waals surface area contributed by atoms with Gasteiger partial charge in [0.1, 0.15) is 12.4 Å². The number of nitrogens with one attached hydrogen (secondary N) is 1. The van der Waals surface area contributed by atoms with E-state index in [-0.39, 0.29) is 11.6 Å². The lowest BCUT2D eigenvalue weighted by Crippen LogP contribution is -2.52. The molecule has 1 aliphatic carbocycles. The first-order valence-electron chi connectivity index (χ1n) is 10.1. The molecule has 5 heteroatoms. The Hall–Kier alpha value is -1.75. The van der Waals surface area contributed by atoms with E-state index in [1.165, 1.54) is 37.9 Å². The zero-order valence-corrected chi connectivity index (χ0v) is 16.3. The van der Waals surface area contributed by atoms with E-state index in [1.807, 2.05) is 30.0 Å². The number of nitrogens with zero attached hydrogens (tertiary/aromatic N) is 2. The van der Waals surface area contributed by atoms with E-state index in [0.717, 1.165) is 25.1 Å². The maximum absolute atomic E-state index is 12.7. The maximum Gasteiger partial charge on any atom is 0.317 e. The number of amides is 2. The lowest BCUT2D eigenvalue weighted by Gasteiger charge is -2.32. The molecule has 0 unspecified atom stereocenters. The van der Waals surface area contributed by atoms with E-state index >= 15 is 0 Å². The Kier molecular flexibility index (Phi) is 6.41. The fourth-order valence-electron chi connectivity index (χ4n) is 3.71. The molecule has 1 aromatic rings. The molecular formula is C21H33N3O2. The third kappa shape index (κ3) is 5.37. The summed E-state index contributed by atoms with van der Waals surface area (Å²) in [7, 11) is 0. The number of aryl methyl sites for hydroxylation is 1. The van der Waals surface area contributed by atoms with Crippen molar-refractivity contribution in [2.75, 3.05) is 39.3 Å². The van der Waals surface area contributed by atoms with Crippen LogP contribution < -0.4 is 10.1 Å². The summed E-state index contributed by atoms with van der Waals surface area (Å²) in [6.07, 6.45) is 6.14. The first-order chi connectivity index (χ1) is 12.6. The molecule has 26 heavy (non-hydrogen) atoms. The first kappa shape index (κ1) is 19.0. The zero-order chi connectivity index (χ0) is 18.4. The van der Waals surface area contributed by atoms with Crippen LogP contribution in [-0.4, -0.2) is 60.7 Å². The molecule has 0 radical (unpaired) electrons. The lowest BCUT2D eigenvalue weighted by atomic mass is 10.1. The second-order valence-electron chi connectivity index (χ2n) is 7.79. The predicted molar refractivity (Wildman–Crippen MR) is 105 cm³/mol. The summed E-state index contributed by atoms with van der Waals surface area (Å²) in [5, 5.41) is 3.31. The molecule has 0 bridgehead atoms. The SMILES string of the molecule is CCN(CCOc1cccc(C)c1)C(=O)NC1(CN2CCCCC2)CC1. The Morgan fingerprint density at radius 2 is 2.04 bits per heavy atom. The Balaban J connectivity index is 1.44. The highest BCUT2D eigenvalue weighted by atomic mass is 16.5. The highest BCUT2D eigenvalue weighted by Gasteiger charge is 2.45. The van der Waals surface area contributed by atoms with Gasteiger partial charge < -0.3 is 19.9 Å². The molecule has 3 rings (SSSR count). The molecule has 0 atom stereocenters. The van der Waals surface area contributed by atoms with Crippen molar-refractivity contribution in [3.63, 3.8) is 0 Å². The highest BCUT2D eigenvalue weighted by molar-refractivity contribution is 5.75. The van der Waals surface area contributed by atoms with E-state index < -0.39 is 0 Å². The molecule has 0 spiro atoms. The number of rotatable bonds is 8. The smallest absolute Gasteiger partial charge is 0.317 e. The fourth-order valence-corrected chi connectivity index (χ4v) is 3.71. The minimum atomic E-state index is 0.0131. The third-order valence-electron chi connectivity index (χ3n) is 5.49. The van der Waals surface area contributed by atoms with Crippen molar-refractivity contribution < 1.29 is 9.53 Å². The van der Waals surface area contributed by atoms with E-state index in [0.29, 0.717) is 19.7 Å². The summed E-state index contributed by atoms with van der Waals surface area (Å²) in [6, 6.07) is 8.08. The molecule has 2 amide bonds. The van der Waals surface area contributed by atoms with Gasteiger partial charge in [0.15, 0.2) is 0 Å². The van der Waals surface area contributed by atoms with Crippen molar-refractivity contribution in [2.45, 2.75) is 51.5 Å². The number of benzene rings is 1. The molecule has 1 saturated carbocycles. The van der Waals surface area contributed by atoms with Crippen LogP contribution >= 0.6 is 0 Å². The molecule has 1 saturated heterocycles. The number of likely N-dealkylation sites (N-methyl/N-ethyl adjacent to an activating group) is 1. The largest absolute Gasteiger partial charge is 0.492 e. The molecule has 2 aliphatic rings. The van der Waals surface area contributed by atoms with Gasteiger partial charge in [0.2, 0.25) is 0 Å². The van der Waals surface area contributed by atoms with E-state index in [1.54, 1.807) is 0 Å². The molecule has 144 valence electrons. The van der Waals surface area contributed by atoms with Crippen LogP contribution in [0.15, 0.2) is 24.3 Å². The van der Waals surface area contributed by atoms with E-state index in [9.17, 15) is 4.79 Å². The fraction of sp³-hybridized carbons (Fsp3) is 0.667. The van der Waals surface area contributed by atoms with Crippen molar-refractivity contribution in [1.82, 2.24) is 15.1 Å². The topological polar surface area (TPSA) is 44.8 Å². The second kappa shape index (κ2) is 8.76. The number of hydrogen-bond acceptors (Lipinski definition) is 3. The number of ether oxygens (including phenoxy) is 1. The average Bonchev–Trinajstić information content (AvgIpc) is 3.38. The van der Waals surface area contributed by atoms with Crippen molar-refractivity contribution in [1.29, 1.82) is 0 Å². The number of carbonyl (C=O) groups excluding carboxylic acids is 1. The summed E-state index contributed by atoms with van der Waals surface area (Å²) in [4.78, 5) is 17.1. The Bertz CT molecular complexity index is 595. The van der Waals surface area contributed by atoms with Gasteiger partial charge in [-0.2, -0.15) is 0 Å². The summed E-state index contributed by atoms with van der Waals surface area (Å²) in [5.41, 5.74) is 1.19. The van der Waals surface area contributed by atoms with Crippen LogP contribution in [0.1, 0.15) is 44.6 Å². The van der Waals surface area contributed by atoms with Crippen LogP contribution in [0.5, 0.6) is 5.75 Å². The maximum atomic E-state index is 12.7. The van der Waals surface area contributed by atoms with Crippen LogP contribution in [-0.2, 0) is 0 Å². The number of hydrogen-bond donors (Lipinski definition) is 1. The molecule has 1 heterocycles. The van der Waals surface area contributed by atoms with Crippen LogP contribution in [0.25, 0.3) is 0 Å². The van der Waals surface area contributed by atoms with Gasteiger partial charge in [-0.25, -0.2) is 4.79 Å². The van der Waals surface area contributed by atoms with Crippen LogP contribution in [0.2, 0.25) is 0 Å². The lowest BCUT2D eigenvalue weighted by molar-refractivity contribution is 0.166. The van der Waals surface area contributed by atoms with Gasteiger partial charge in [-0.1, -0.05) is 18.6 Å². The van der Waals surface area contributed by atoms with Gasteiger partial charge in [0.05, 0.1) is 12.1 Å². The van der Waals surface area contributed by atoms with Gasteiger partial charge in [-0.05, 0) is 70.3 Å². The quantitative estimate of drug-likeness (QED) is 0.773. The Morgan fingerprint density at radius 3 is 2.69 bits per heavy atom. The highest BCUT2D eigenvalue weighted by Crippen LogP contribution is 2.37. The number of carbonyl (C=O) groups is 1. The van der Waals surface area contributed by atoms with Gasteiger partial charge in [-0.15, -0.1) is 0 Å². The van der Waals surface area contributed by atoms with Crippen molar-refractivity contribution >= 4 is 6.03 Å². The molecule has 1 aromatic carbocycles. The molecule has 1 N–H and O–H groups in total. The Morgan fingerprint density at radius 1 is 1.27 bits per heavy atom. The normalized spacial score (nSPS) is 19.0. The molecule has 5 nitrogen and oxygen atoms in total. The summed E-state index contributed by atoms with van der Waals surface area (Å²) in [6.45, 7) is 9.27. The van der Waals surface area contributed by atoms with Gasteiger partial charge in [0, 0.05) is 13.1 Å². The first-order valence-corrected chi connectivity index (χ1v) is 10.1. The molecular weight excluding hydrogens is 326 g/mol. The summed E-state index contributed by atoms with van der Waals surface area (Å²) in [5.74, 6) is 0.866. The Labute approximate surface area is 157 Å². The van der Waals surface area contributed by atoms with Crippen LogP contribution in [0.3, 0.4) is 0 Å². The molecule has 2 fully saturated rings. The van der Waals surface area contributed by atoms with Gasteiger partial charge in [-0.3, -0.25) is 0 Å². The van der Waals surface area contributed by atoms with Gasteiger partial charge in [0.25, 0.3) is 0 Å². The van der Waals surface area contributed by atoms with E-state index in [4.69, 9.17) is 4.74 Å². The number of urea groups is 1. The average molecular weight is 360 g/mol. The standard InChI is InChI=1S/C21H33N3O2/c1-3-24(14-15-26-19-9-7-8-18(2)16-19)20(25)22-21(10-11-21)17-23-12-5-4-6-13-23/h7-9,16H,3-6,10-15,17H2,1-2H3,(H,22,25). The van der Waals surface area contributed by atoms with Crippen molar-refractivity contribution in [3.8, 4) is 5.75 Å². The van der Waals surface area contributed by atoms with Crippen molar-refractivity contribution in [3.05, 3.63) is 29.8 Å². The number of likely N-dealkylation sites (tertiary alicyclic amines) is 1. The van der Waals surface area contributed by atoms with Crippen molar-refractivity contribution in [2.24, 2.45) is 0 Å². The van der Waals surface area contributed by atoms with E-state index in [2.05, 4.69) is 23.2 Å². The third-order valence-corrected chi connectivity index (χ3v) is 5.49. The predicted octanol–water partition coefficient (Wildman–Crippen LogP) is 3.42. The second-order valence-corrected chi connectivity index (χ2v) is 7.79. The zero-order valence-electron chi connectivity index (χ0n) is 16.3. The molecule has 0 aromatic heterocycles. The van der Waals surface area contributed by atoms with Crippen LogP contribution in [0.4, 0.5) is 4.79 Å². The van der Waals surface area contributed by atoms with Crippen LogP contribution in [0, 0.1) is 6.92 Å². The minimum absolute atomic E-state index is 0.0131. The van der Waals surface area contributed by atoms with Gasteiger partial charge >= 0.3 is 6.03 Å².